The first-order valence-corrected chi connectivity index (χ1v) is 8.78. The van der Waals surface area contributed by atoms with Crippen molar-refractivity contribution < 1.29 is 0 Å². The Balaban J connectivity index is 2.39. The minimum absolute atomic E-state index is 0.753. The molecule has 1 aliphatic heterocycles. The van der Waals surface area contributed by atoms with Gasteiger partial charge in [-0.1, -0.05) is 34.1 Å². The van der Waals surface area contributed by atoms with E-state index in [0.717, 1.165) is 23.8 Å². The first kappa shape index (κ1) is 16.3. The molecule has 0 aromatic heterocycles. The summed E-state index contributed by atoms with van der Waals surface area (Å²) in [6.07, 6.45) is 3.96. The van der Waals surface area contributed by atoms with Gasteiger partial charge in [0.25, 0.3) is 0 Å². The van der Waals surface area contributed by atoms with Crippen LogP contribution in [-0.4, -0.2) is 48.1 Å². The molecule has 1 heterocycles. The van der Waals surface area contributed by atoms with Crippen molar-refractivity contribution in [3.8, 4) is 0 Å². The van der Waals surface area contributed by atoms with E-state index >= 15 is 0 Å². The Kier molecular flexibility index (Phi) is 8.36. The molecule has 0 aliphatic carbocycles. The maximum absolute atomic E-state index is 3.65. The second kappa shape index (κ2) is 9.22. The first-order chi connectivity index (χ1) is 8.67. The molecule has 3 heteroatoms. The van der Waals surface area contributed by atoms with Crippen LogP contribution in [0.5, 0.6) is 0 Å². The molecule has 108 valence electrons. The molecular weight excluding hydrogens is 240 g/mol. The Hall–Kier alpha value is 0.270. The van der Waals surface area contributed by atoms with E-state index in [1.165, 1.54) is 44.6 Å². The lowest BCUT2D eigenvalue weighted by Gasteiger charge is -2.38. The fraction of sp³-hybridized carbons (Fsp3) is 1.00. The number of hydrogen-bond donors (Lipinski definition) is 1. The smallest absolute Gasteiger partial charge is 0.0221 e. The summed E-state index contributed by atoms with van der Waals surface area (Å²) in [5.41, 5.74) is 0. The zero-order valence-electron chi connectivity index (χ0n) is 12.7. The first-order valence-electron chi connectivity index (χ1n) is 7.73. The third-order valence-corrected chi connectivity index (χ3v) is 5.07. The lowest BCUT2D eigenvalue weighted by molar-refractivity contribution is 0.185. The van der Waals surface area contributed by atoms with Gasteiger partial charge in [-0.15, -0.1) is 0 Å². The summed E-state index contributed by atoms with van der Waals surface area (Å²) in [5, 5.41) is 4.52. The van der Waals surface area contributed by atoms with Crippen molar-refractivity contribution in [1.82, 2.24) is 10.2 Å². The highest BCUT2D eigenvalue weighted by Gasteiger charge is 2.24. The van der Waals surface area contributed by atoms with E-state index < -0.39 is 0 Å². The molecule has 1 N–H and O–H groups in total. The quantitative estimate of drug-likeness (QED) is 0.730. The van der Waals surface area contributed by atoms with E-state index in [2.05, 4.69) is 49.7 Å². The van der Waals surface area contributed by atoms with Crippen LogP contribution in [0.15, 0.2) is 0 Å². The van der Waals surface area contributed by atoms with Gasteiger partial charge < -0.3 is 5.32 Å². The molecule has 1 saturated heterocycles. The maximum atomic E-state index is 3.65. The Morgan fingerprint density at radius 1 is 1.28 bits per heavy atom. The summed E-state index contributed by atoms with van der Waals surface area (Å²) in [7, 11) is 0. The summed E-state index contributed by atoms with van der Waals surface area (Å²) >= 11 is 2.17. The molecule has 0 spiro atoms. The van der Waals surface area contributed by atoms with Crippen LogP contribution in [0.4, 0.5) is 0 Å². The van der Waals surface area contributed by atoms with Crippen LogP contribution in [0.2, 0.25) is 0 Å². The summed E-state index contributed by atoms with van der Waals surface area (Å²) in [6, 6.07) is 0.753. The molecule has 1 rings (SSSR count). The van der Waals surface area contributed by atoms with Gasteiger partial charge in [0.05, 0.1) is 0 Å². The zero-order chi connectivity index (χ0) is 13.4. The van der Waals surface area contributed by atoms with E-state index in [-0.39, 0.29) is 0 Å². The molecule has 0 aromatic rings. The Morgan fingerprint density at radius 3 is 2.67 bits per heavy atom. The molecule has 1 fully saturated rings. The summed E-state index contributed by atoms with van der Waals surface area (Å²) in [6.45, 7) is 14.1. The minimum atomic E-state index is 0.753. The predicted octanol–water partition coefficient (Wildman–Crippen LogP) is 3.23. The lowest BCUT2D eigenvalue weighted by Crippen LogP contribution is -2.48. The van der Waals surface area contributed by atoms with E-state index in [1.54, 1.807) is 0 Å². The molecule has 0 saturated carbocycles. The van der Waals surface area contributed by atoms with Crippen molar-refractivity contribution >= 4 is 11.8 Å². The molecule has 0 amide bonds. The van der Waals surface area contributed by atoms with E-state index in [9.17, 15) is 0 Å². The largest absolute Gasteiger partial charge is 0.315 e. The van der Waals surface area contributed by atoms with Gasteiger partial charge in [0, 0.05) is 36.7 Å². The Morgan fingerprint density at radius 2 is 2.06 bits per heavy atom. The fourth-order valence-electron chi connectivity index (χ4n) is 2.61. The van der Waals surface area contributed by atoms with Crippen molar-refractivity contribution in [2.24, 2.45) is 5.92 Å². The maximum Gasteiger partial charge on any atom is 0.0221 e. The summed E-state index contributed by atoms with van der Waals surface area (Å²) in [4.78, 5) is 2.74. The zero-order valence-corrected chi connectivity index (χ0v) is 13.6. The van der Waals surface area contributed by atoms with E-state index in [4.69, 9.17) is 0 Å². The van der Waals surface area contributed by atoms with Gasteiger partial charge in [0.2, 0.25) is 0 Å². The van der Waals surface area contributed by atoms with Crippen molar-refractivity contribution in [3.05, 3.63) is 0 Å². The molecular formula is C15H32N2S. The van der Waals surface area contributed by atoms with Crippen LogP contribution < -0.4 is 5.32 Å². The number of nitrogens with one attached hydrogen (secondary N) is 1. The molecule has 0 bridgehead atoms. The Bertz CT molecular complexity index is 209. The molecule has 0 aromatic carbocycles. The topological polar surface area (TPSA) is 15.3 Å². The summed E-state index contributed by atoms with van der Waals surface area (Å²) in [5.74, 6) is 2.08. The normalized spacial score (nSPS) is 23.5. The second-order valence-corrected chi connectivity index (χ2v) is 7.30. The fourth-order valence-corrected chi connectivity index (χ4v) is 3.81. The van der Waals surface area contributed by atoms with Crippen LogP contribution in [0.3, 0.4) is 0 Å². The molecule has 0 radical (unpaired) electrons. The van der Waals surface area contributed by atoms with Crippen molar-refractivity contribution in [1.29, 1.82) is 0 Å². The highest BCUT2D eigenvalue weighted by molar-refractivity contribution is 8.00. The van der Waals surface area contributed by atoms with Gasteiger partial charge in [0.1, 0.15) is 0 Å². The molecule has 18 heavy (non-hydrogen) atoms. The van der Waals surface area contributed by atoms with Crippen LogP contribution in [-0.2, 0) is 0 Å². The highest BCUT2D eigenvalue weighted by Crippen LogP contribution is 2.23. The number of rotatable bonds is 8. The predicted molar refractivity (Wildman–Crippen MR) is 84.5 cm³/mol. The van der Waals surface area contributed by atoms with Crippen molar-refractivity contribution in [2.45, 2.75) is 58.2 Å². The third kappa shape index (κ3) is 5.94. The number of hydrogen-bond acceptors (Lipinski definition) is 3. The van der Waals surface area contributed by atoms with Crippen molar-refractivity contribution in [2.75, 3.05) is 31.9 Å². The average molecular weight is 273 g/mol. The molecule has 2 unspecified atom stereocenters. The van der Waals surface area contributed by atoms with Crippen LogP contribution in [0, 0.1) is 5.92 Å². The van der Waals surface area contributed by atoms with Gasteiger partial charge in [-0.3, -0.25) is 4.90 Å². The number of nitrogens with zero attached hydrogens (tertiary/aromatic N) is 1. The van der Waals surface area contributed by atoms with Crippen molar-refractivity contribution in [3.63, 3.8) is 0 Å². The third-order valence-electron chi connectivity index (χ3n) is 3.70. The van der Waals surface area contributed by atoms with Crippen LogP contribution in [0.25, 0.3) is 0 Å². The highest BCUT2D eigenvalue weighted by atomic mass is 32.2. The van der Waals surface area contributed by atoms with Gasteiger partial charge >= 0.3 is 0 Å². The molecule has 2 nitrogen and oxygen atoms in total. The van der Waals surface area contributed by atoms with Gasteiger partial charge in [-0.25, -0.2) is 0 Å². The minimum Gasteiger partial charge on any atom is -0.315 e. The van der Waals surface area contributed by atoms with E-state index in [0.29, 0.717) is 0 Å². The van der Waals surface area contributed by atoms with E-state index in [1.807, 2.05) is 0 Å². The van der Waals surface area contributed by atoms with Gasteiger partial charge in [-0.05, 0) is 25.3 Å². The monoisotopic (exact) mass is 272 g/mol. The summed E-state index contributed by atoms with van der Waals surface area (Å²) < 4.78 is 0. The van der Waals surface area contributed by atoms with Crippen LogP contribution in [0.1, 0.15) is 47.0 Å². The number of thioether (sulfide) groups is 1. The molecule has 1 aliphatic rings. The SMILES string of the molecule is CCCC(CNCC(C)C)N1CCSC(CC)C1. The molecule has 2 atom stereocenters. The standard InChI is InChI=1S/C15H32N2S/c1-5-7-14(11-16-10-13(3)4)17-8-9-18-15(6-2)12-17/h13-16H,5-12H2,1-4H3. The van der Waals surface area contributed by atoms with Gasteiger partial charge in [-0.2, -0.15) is 11.8 Å². The van der Waals surface area contributed by atoms with Crippen LogP contribution >= 0.6 is 11.8 Å². The average Bonchev–Trinajstić information content (AvgIpc) is 2.37. The second-order valence-electron chi connectivity index (χ2n) is 5.89. The van der Waals surface area contributed by atoms with Gasteiger partial charge in [0.15, 0.2) is 0 Å². The lowest BCUT2D eigenvalue weighted by atomic mass is 10.1. The Labute approximate surface area is 118 Å².